The third-order valence-electron chi connectivity index (χ3n) is 6.28. The molecule has 1 fully saturated rings. The molecule has 1 aliphatic carbocycles. The second kappa shape index (κ2) is 14.2. The van der Waals surface area contributed by atoms with Crippen LogP contribution in [0.5, 0.6) is 0 Å². The van der Waals surface area contributed by atoms with Gasteiger partial charge in [0.1, 0.15) is 0 Å². The van der Waals surface area contributed by atoms with E-state index in [1.807, 2.05) is 62.4 Å². The molecule has 1 saturated carbocycles. The highest BCUT2D eigenvalue weighted by molar-refractivity contribution is 5.69. The number of aliphatic hydroxyl groups excluding tert-OH is 3. The molecule has 1 aromatic rings. The molecule has 0 aromatic heterocycles. The largest absolute Gasteiger partial charge is 0.463 e. The van der Waals surface area contributed by atoms with Crippen LogP contribution in [-0.2, 0) is 16.0 Å². The Morgan fingerprint density at radius 2 is 1.94 bits per heavy atom. The zero-order valence-electron chi connectivity index (χ0n) is 19.5. The van der Waals surface area contributed by atoms with Gasteiger partial charge in [-0.25, -0.2) is 0 Å². The molecule has 3 unspecified atom stereocenters. The number of benzene rings is 1. The normalized spacial score (nSPS) is 25.4. The maximum atomic E-state index is 11.7. The number of hydrogen-bond acceptors (Lipinski definition) is 5. The van der Waals surface area contributed by atoms with Crippen LogP contribution in [0.4, 0.5) is 0 Å². The van der Waals surface area contributed by atoms with Crippen molar-refractivity contribution in [3.05, 3.63) is 60.2 Å². The molecule has 0 heterocycles. The van der Waals surface area contributed by atoms with E-state index >= 15 is 0 Å². The SMILES string of the molecule is CCC(C)OC(=O)CCC/C=C\CC1C(/C=C/[C@H](O)CCc2ccccc2)[C@H](O)C[C@@H]1O. The van der Waals surface area contributed by atoms with Crippen LogP contribution in [0.2, 0.25) is 0 Å². The Balaban J connectivity index is 1.75. The minimum atomic E-state index is -0.601. The Hall–Kier alpha value is -1.95. The number of ether oxygens (including phenoxy) is 1. The van der Waals surface area contributed by atoms with Crippen LogP contribution in [0.15, 0.2) is 54.6 Å². The van der Waals surface area contributed by atoms with Crippen LogP contribution in [0, 0.1) is 11.8 Å². The number of aliphatic hydroxyl groups is 3. The average Bonchev–Trinajstić information content (AvgIpc) is 3.05. The number of hydrogen-bond donors (Lipinski definition) is 3. The number of rotatable bonds is 13. The van der Waals surface area contributed by atoms with Crippen LogP contribution in [0.1, 0.15) is 64.4 Å². The number of esters is 1. The Bertz CT molecular complexity index is 714. The fourth-order valence-electron chi connectivity index (χ4n) is 4.12. The van der Waals surface area contributed by atoms with E-state index in [2.05, 4.69) is 0 Å². The topological polar surface area (TPSA) is 87.0 Å². The summed E-state index contributed by atoms with van der Waals surface area (Å²) in [5, 5.41) is 31.1. The van der Waals surface area contributed by atoms with E-state index in [1.54, 1.807) is 6.08 Å². The molecule has 1 aromatic carbocycles. The van der Waals surface area contributed by atoms with E-state index in [9.17, 15) is 20.1 Å². The van der Waals surface area contributed by atoms with Gasteiger partial charge in [-0.05, 0) is 56.9 Å². The summed E-state index contributed by atoms with van der Waals surface area (Å²) in [6.45, 7) is 3.88. The van der Waals surface area contributed by atoms with Crippen LogP contribution >= 0.6 is 0 Å². The highest BCUT2D eigenvalue weighted by atomic mass is 16.5. The lowest BCUT2D eigenvalue weighted by molar-refractivity contribution is -0.148. The van der Waals surface area contributed by atoms with E-state index in [0.717, 1.165) is 25.7 Å². The molecule has 5 nitrogen and oxygen atoms in total. The highest BCUT2D eigenvalue weighted by Gasteiger charge is 2.39. The molecule has 0 saturated heterocycles. The van der Waals surface area contributed by atoms with Crippen molar-refractivity contribution >= 4 is 5.97 Å². The summed E-state index contributed by atoms with van der Waals surface area (Å²) < 4.78 is 5.26. The second-order valence-electron chi connectivity index (χ2n) is 8.90. The van der Waals surface area contributed by atoms with Gasteiger partial charge in [0.2, 0.25) is 0 Å². The quantitative estimate of drug-likeness (QED) is 0.239. The van der Waals surface area contributed by atoms with Crippen molar-refractivity contribution in [2.24, 2.45) is 11.8 Å². The summed E-state index contributed by atoms with van der Waals surface area (Å²) in [7, 11) is 0. The molecular weight excluding hydrogens is 404 g/mol. The van der Waals surface area contributed by atoms with E-state index in [4.69, 9.17) is 4.74 Å². The van der Waals surface area contributed by atoms with E-state index in [-0.39, 0.29) is 23.9 Å². The molecule has 0 aliphatic heterocycles. The molecule has 0 spiro atoms. The van der Waals surface area contributed by atoms with Crippen LogP contribution < -0.4 is 0 Å². The first-order valence-electron chi connectivity index (χ1n) is 12.0. The molecule has 6 atom stereocenters. The van der Waals surface area contributed by atoms with Gasteiger partial charge < -0.3 is 20.1 Å². The summed E-state index contributed by atoms with van der Waals surface area (Å²) in [5.41, 5.74) is 1.19. The first-order valence-corrected chi connectivity index (χ1v) is 12.0. The minimum absolute atomic E-state index is 0.0323. The fraction of sp³-hybridized carbons (Fsp3) is 0.593. The summed E-state index contributed by atoms with van der Waals surface area (Å²) in [6.07, 6.45) is 11.1. The first-order chi connectivity index (χ1) is 15.4. The van der Waals surface area contributed by atoms with E-state index in [1.165, 1.54) is 5.56 Å². The number of unbranched alkanes of at least 4 members (excludes halogenated alkanes) is 1. The lowest BCUT2D eigenvalue weighted by Crippen LogP contribution is -2.20. The number of allylic oxidation sites excluding steroid dienone is 2. The van der Waals surface area contributed by atoms with Gasteiger partial charge in [-0.1, -0.05) is 61.6 Å². The van der Waals surface area contributed by atoms with Crippen molar-refractivity contribution in [1.82, 2.24) is 0 Å². The van der Waals surface area contributed by atoms with E-state index < -0.39 is 18.3 Å². The Morgan fingerprint density at radius 1 is 1.19 bits per heavy atom. The van der Waals surface area contributed by atoms with Gasteiger partial charge in [-0.2, -0.15) is 0 Å². The van der Waals surface area contributed by atoms with Crippen molar-refractivity contribution in [2.45, 2.75) is 89.6 Å². The molecule has 2 rings (SSSR count). The van der Waals surface area contributed by atoms with Crippen molar-refractivity contribution in [3.63, 3.8) is 0 Å². The summed E-state index contributed by atoms with van der Waals surface area (Å²) in [6, 6.07) is 10.0. The van der Waals surface area contributed by atoms with Crippen LogP contribution in [0.3, 0.4) is 0 Å². The van der Waals surface area contributed by atoms with Crippen molar-refractivity contribution in [3.8, 4) is 0 Å². The van der Waals surface area contributed by atoms with Gasteiger partial charge in [-0.15, -0.1) is 0 Å². The van der Waals surface area contributed by atoms with Gasteiger partial charge in [0, 0.05) is 18.8 Å². The summed E-state index contributed by atoms with van der Waals surface area (Å²) in [4.78, 5) is 11.7. The standard InChI is InChI=1S/C27H40O5/c1-3-20(2)32-27(31)14-10-5-4-9-13-23-24(26(30)19-25(23)29)18-17-22(28)16-15-21-11-7-6-8-12-21/h4,6-9,11-12,17-18,20,22-26,28-30H,3,5,10,13-16,19H2,1-2H3/b9-4-,18-17+/t20?,22-,23?,24?,25+,26-/m1/s1. The Morgan fingerprint density at radius 3 is 2.66 bits per heavy atom. The Labute approximate surface area is 192 Å². The first kappa shape index (κ1) is 26.3. The molecule has 1 aliphatic rings. The molecule has 3 N–H and O–H groups in total. The van der Waals surface area contributed by atoms with Gasteiger partial charge in [-0.3, -0.25) is 4.79 Å². The fourth-order valence-corrected chi connectivity index (χ4v) is 4.12. The highest BCUT2D eigenvalue weighted by Crippen LogP contribution is 2.36. The van der Waals surface area contributed by atoms with Crippen LogP contribution in [0.25, 0.3) is 0 Å². The molecule has 0 bridgehead atoms. The third kappa shape index (κ3) is 9.27. The van der Waals surface area contributed by atoms with Gasteiger partial charge in [0.15, 0.2) is 0 Å². The van der Waals surface area contributed by atoms with Crippen LogP contribution in [-0.4, -0.2) is 45.7 Å². The minimum Gasteiger partial charge on any atom is -0.463 e. The summed E-state index contributed by atoms with van der Waals surface area (Å²) in [5.74, 6) is -0.404. The van der Waals surface area contributed by atoms with Gasteiger partial charge in [0.25, 0.3) is 0 Å². The lowest BCUT2D eigenvalue weighted by Gasteiger charge is -2.19. The maximum absolute atomic E-state index is 11.7. The number of aryl methyl sites for hydroxylation is 1. The molecular formula is C27H40O5. The average molecular weight is 445 g/mol. The zero-order valence-corrected chi connectivity index (χ0v) is 19.5. The van der Waals surface area contributed by atoms with Crippen molar-refractivity contribution in [2.75, 3.05) is 0 Å². The smallest absolute Gasteiger partial charge is 0.306 e. The second-order valence-corrected chi connectivity index (χ2v) is 8.90. The molecule has 178 valence electrons. The predicted molar refractivity (Wildman–Crippen MR) is 127 cm³/mol. The zero-order chi connectivity index (χ0) is 23.3. The lowest BCUT2D eigenvalue weighted by atomic mass is 9.89. The molecule has 0 radical (unpaired) electrons. The van der Waals surface area contributed by atoms with E-state index in [0.29, 0.717) is 25.7 Å². The molecule has 0 amide bonds. The van der Waals surface area contributed by atoms with Gasteiger partial charge >= 0.3 is 5.97 Å². The molecule has 32 heavy (non-hydrogen) atoms. The van der Waals surface area contributed by atoms with Crippen molar-refractivity contribution < 1.29 is 24.9 Å². The predicted octanol–water partition coefficient (Wildman–Crippen LogP) is 4.35. The van der Waals surface area contributed by atoms with Crippen molar-refractivity contribution in [1.29, 1.82) is 0 Å². The third-order valence-corrected chi connectivity index (χ3v) is 6.28. The van der Waals surface area contributed by atoms with Gasteiger partial charge in [0.05, 0.1) is 24.4 Å². The Kier molecular flexibility index (Phi) is 11.7. The monoisotopic (exact) mass is 444 g/mol. The maximum Gasteiger partial charge on any atom is 0.306 e. The summed E-state index contributed by atoms with van der Waals surface area (Å²) >= 11 is 0. The molecule has 5 heteroatoms. The number of carbonyl (C=O) groups is 1. The number of carbonyl (C=O) groups excluding carboxylic acids is 1.